The van der Waals surface area contributed by atoms with Crippen molar-refractivity contribution in [1.82, 2.24) is 0 Å². The molecule has 0 spiro atoms. The zero-order valence-electron chi connectivity index (χ0n) is 30.9. The summed E-state index contributed by atoms with van der Waals surface area (Å²) in [5, 5.41) is 10.4. The van der Waals surface area contributed by atoms with Crippen LogP contribution in [0.4, 0.5) is 11.4 Å². The molecular formula is C43H58N2O7. The van der Waals surface area contributed by atoms with Gasteiger partial charge in [-0.3, -0.25) is 9.59 Å². The van der Waals surface area contributed by atoms with E-state index in [1.54, 1.807) is 54.6 Å². The summed E-state index contributed by atoms with van der Waals surface area (Å²) in [7, 11) is 0. The maximum atomic E-state index is 13.4. The van der Waals surface area contributed by atoms with E-state index in [4.69, 9.17) is 25.7 Å². The minimum atomic E-state index is -1.77. The van der Waals surface area contributed by atoms with Gasteiger partial charge in [-0.2, -0.15) is 0 Å². The number of anilines is 2. The molecule has 0 unspecified atom stereocenters. The van der Waals surface area contributed by atoms with Gasteiger partial charge in [0.2, 0.25) is 0 Å². The van der Waals surface area contributed by atoms with Crippen LogP contribution in [0.1, 0.15) is 107 Å². The van der Waals surface area contributed by atoms with E-state index in [9.17, 15) is 19.5 Å². The van der Waals surface area contributed by atoms with Crippen molar-refractivity contribution in [1.29, 1.82) is 0 Å². The van der Waals surface area contributed by atoms with E-state index in [0.717, 1.165) is 88.4 Å². The normalized spacial score (nSPS) is 11.4. The molecule has 0 saturated heterocycles. The van der Waals surface area contributed by atoms with Gasteiger partial charge in [0.15, 0.2) is 5.41 Å². The molecule has 0 bridgehead atoms. The van der Waals surface area contributed by atoms with E-state index in [2.05, 4.69) is 6.92 Å². The van der Waals surface area contributed by atoms with Crippen molar-refractivity contribution < 1.29 is 33.7 Å². The van der Waals surface area contributed by atoms with E-state index in [-0.39, 0.29) is 25.4 Å². The lowest BCUT2D eigenvalue weighted by Crippen LogP contribution is -2.44. The summed E-state index contributed by atoms with van der Waals surface area (Å²) in [4.78, 5) is 38.0. The molecule has 0 radical (unpaired) electrons. The average Bonchev–Trinajstić information content (AvgIpc) is 3.14. The number of esters is 2. The molecule has 3 rings (SSSR count). The molecule has 0 aliphatic carbocycles. The van der Waals surface area contributed by atoms with Crippen molar-refractivity contribution >= 4 is 35.4 Å². The number of nitrogens with two attached hydrogens (primary N) is 2. The van der Waals surface area contributed by atoms with Crippen molar-refractivity contribution in [3.63, 3.8) is 0 Å². The molecule has 9 heteroatoms. The summed E-state index contributed by atoms with van der Waals surface area (Å²) >= 11 is 0. The lowest BCUT2D eigenvalue weighted by molar-refractivity contribution is -0.169. The SMILES string of the molecule is CCCCCCOC(=O)C=Cc1ccc(OCCCCCCCCCCCOC(=O)C(Cc2ccc(N)cc2)(Cc2ccc(N)cc2)C(=O)O)cc1. The topological polar surface area (TPSA) is 151 Å². The third-order valence-electron chi connectivity index (χ3n) is 9.10. The molecule has 0 fully saturated rings. The van der Waals surface area contributed by atoms with Crippen LogP contribution in [-0.4, -0.2) is 42.8 Å². The second-order valence-corrected chi connectivity index (χ2v) is 13.5. The van der Waals surface area contributed by atoms with Crippen LogP contribution in [0.25, 0.3) is 6.08 Å². The molecule has 3 aromatic carbocycles. The predicted molar refractivity (Wildman–Crippen MR) is 208 cm³/mol. The van der Waals surface area contributed by atoms with Gasteiger partial charge in [-0.1, -0.05) is 108 Å². The zero-order valence-corrected chi connectivity index (χ0v) is 30.9. The molecule has 0 aliphatic rings. The van der Waals surface area contributed by atoms with Crippen molar-refractivity contribution in [3.05, 3.63) is 95.6 Å². The maximum absolute atomic E-state index is 13.4. The highest BCUT2D eigenvalue weighted by Gasteiger charge is 2.48. The van der Waals surface area contributed by atoms with Crippen molar-refractivity contribution in [2.75, 3.05) is 31.3 Å². The molecule has 0 heterocycles. The third kappa shape index (κ3) is 15.6. The number of benzene rings is 3. The van der Waals surface area contributed by atoms with Gasteiger partial charge < -0.3 is 30.8 Å². The number of aliphatic carboxylic acids is 1. The van der Waals surface area contributed by atoms with Gasteiger partial charge >= 0.3 is 17.9 Å². The molecule has 9 nitrogen and oxygen atoms in total. The predicted octanol–water partition coefficient (Wildman–Crippen LogP) is 8.98. The summed E-state index contributed by atoms with van der Waals surface area (Å²) in [5.41, 5.74) is 13.3. The molecule has 0 atom stereocenters. The Balaban J connectivity index is 1.26. The Morgan fingerprint density at radius 1 is 0.615 bits per heavy atom. The average molecular weight is 715 g/mol. The van der Waals surface area contributed by atoms with Gasteiger partial charge in [-0.25, -0.2) is 4.79 Å². The molecule has 3 aromatic rings. The van der Waals surface area contributed by atoms with Crippen LogP contribution in [0, 0.1) is 5.41 Å². The van der Waals surface area contributed by atoms with Gasteiger partial charge in [0.05, 0.1) is 19.8 Å². The largest absolute Gasteiger partial charge is 0.494 e. The van der Waals surface area contributed by atoms with Crippen LogP contribution in [-0.2, 0) is 36.7 Å². The fourth-order valence-corrected chi connectivity index (χ4v) is 5.94. The van der Waals surface area contributed by atoms with Crippen LogP contribution < -0.4 is 16.2 Å². The number of carboxylic acid groups (broad SMARTS) is 1. The van der Waals surface area contributed by atoms with Crippen LogP contribution in [0.3, 0.4) is 0 Å². The summed E-state index contributed by atoms with van der Waals surface area (Å²) in [6.45, 7) is 3.48. The number of carbonyl (C=O) groups excluding carboxylic acids is 2. The molecule has 0 aromatic heterocycles. The summed E-state index contributed by atoms with van der Waals surface area (Å²) in [6.07, 6.45) is 16.8. The van der Waals surface area contributed by atoms with Crippen molar-refractivity contribution in [3.8, 4) is 5.75 Å². The fraction of sp³-hybridized carbons (Fsp3) is 0.465. The molecule has 0 saturated carbocycles. The van der Waals surface area contributed by atoms with Crippen molar-refractivity contribution in [2.24, 2.45) is 5.41 Å². The molecule has 282 valence electrons. The first-order chi connectivity index (χ1) is 25.2. The number of ether oxygens (including phenoxy) is 3. The number of carboxylic acids is 1. The van der Waals surface area contributed by atoms with Gasteiger partial charge in [-0.15, -0.1) is 0 Å². The van der Waals surface area contributed by atoms with Gasteiger partial charge in [0.1, 0.15) is 5.75 Å². The Morgan fingerprint density at radius 3 is 1.58 bits per heavy atom. The molecule has 0 aliphatic heterocycles. The first-order valence-electron chi connectivity index (χ1n) is 18.9. The van der Waals surface area contributed by atoms with Crippen molar-refractivity contribution in [2.45, 2.75) is 103 Å². The lowest BCUT2D eigenvalue weighted by Gasteiger charge is -2.28. The van der Waals surface area contributed by atoms with Crippen LogP contribution in [0.5, 0.6) is 5.75 Å². The van der Waals surface area contributed by atoms with Gasteiger partial charge in [0, 0.05) is 17.5 Å². The number of nitrogen functional groups attached to an aromatic ring is 2. The van der Waals surface area contributed by atoms with E-state index in [1.807, 2.05) is 24.3 Å². The second kappa shape index (κ2) is 23.6. The highest BCUT2D eigenvalue weighted by Crippen LogP contribution is 2.31. The third-order valence-corrected chi connectivity index (χ3v) is 9.10. The lowest BCUT2D eigenvalue weighted by atomic mass is 9.76. The van der Waals surface area contributed by atoms with Gasteiger partial charge in [0.25, 0.3) is 0 Å². The Morgan fingerprint density at radius 2 is 1.08 bits per heavy atom. The van der Waals surface area contributed by atoms with E-state index in [1.165, 1.54) is 6.08 Å². The standard InChI is InChI=1S/C43H58N2O7/c1-2-3-4-12-30-51-40(46)28-21-34-19-26-39(27-20-34)50-29-13-10-8-6-5-7-9-11-14-31-52-42(49)43(41(47)48,32-35-15-22-37(44)23-16-35)33-36-17-24-38(45)25-18-36/h15-28H,2-14,29-33,44-45H2,1H3,(H,47,48). The second-order valence-electron chi connectivity index (χ2n) is 13.5. The first-order valence-corrected chi connectivity index (χ1v) is 18.9. The minimum Gasteiger partial charge on any atom is -0.494 e. The number of unbranched alkanes of at least 4 members (excludes halogenated alkanes) is 11. The smallest absolute Gasteiger partial charge is 0.330 e. The number of rotatable bonds is 26. The van der Waals surface area contributed by atoms with E-state index < -0.39 is 17.4 Å². The molecule has 0 amide bonds. The molecule has 5 N–H and O–H groups in total. The summed E-state index contributed by atoms with van der Waals surface area (Å²) in [5.74, 6) is -1.44. The maximum Gasteiger partial charge on any atom is 0.330 e. The van der Waals surface area contributed by atoms with Gasteiger partial charge in [-0.05, 0) is 91.3 Å². The molecular weight excluding hydrogens is 656 g/mol. The Hall–Kier alpha value is -4.79. The molecule has 52 heavy (non-hydrogen) atoms. The van der Waals surface area contributed by atoms with E-state index >= 15 is 0 Å². The monoisotopic (exact) mass is 714 g/mol. The minimum absolute atomic E-state index is 0.0111. The van der Waals surface area contributed by atoms with Crippen LogP contribution in [0.2, 0.25) is 0 Å². The quantitative estimate of drug-likeness (QED) is 0.0243. The highest BCUT2D eigenvalue weighted by molar-refractivity contribution is 6.00. The number of hydrogen-bond acceptors (Lipinski definition) is 8. The zero-order chi connectivity index (χ0) is 37.4. The van der Waals surface area contributed by atoms with Crippen LogP contribution in [0.15, 0.2) is 78.9 Å². The summed E-state index contributed by atoms with van der Waals surface area (Å²) < 4.78 is 16.7. The fourth-order valence-electron chi connectivity index (χ4n) is 5.94. The number of hydrogen-bond donors (Lipinski definition) is 3. The van der Waals surface area contributed by atoms with E-state index in [0.29, 0.717) is 42.1 Å². The first kappa shape index (κ1) is 41.6. The summed E-state index contributed by atoms with van der Waals surface area (Å²) in [6, 6.07) is 21.5. The Kier molecular flexibility index (Phi) is 18.9. The Labute approximate surface area is 309 Å². The highest BCUT2D eigenvalue weighted by atomic mass is 16.5. The number of carbonyl (C=O) groups is 3. The van der Waals surface area contributed by atoms with Crippen LogP contribution >= 0.6 is 0 Å². The Bertz CT molecular complexity index is 1450.